The van der Waals surface area contributed by atoms with Crippen LogP contribution in [-0.2, 0) is 14.6 Å². The molecule has 1 aliphatic heterocycles. The molecule has 1 aromatic rings. The van der Waals surface area contributed by atoms with Gasteiger partial charge in [-0.25, -0.2) is 13.4 Å². The van der Waals surface area contributed by atoms with Gasteiger partial charge >= 0.3 is 0 Å². The van der Waals surface area contributed by atoms with Crippen LogP contribution in [0.2, 0.25) is 0 Å². The Kier molecular flexibility index (Phi) is 3.92. The van der Waals surface area contributed by atoms with E-state index in [-0.39, 0.29) is 16.3 Å². The minimum absolute atomic E-state index is 0.0304. The van der Waals surface area contributed by atoms with Gasteiger partial charge in [-0.2, -0.15) is 0 Å². The number of nitrogens with two attached hydrogens (primary N) is 1. The van der Waals surface area contributed by atoms with Gasteiger partial charge in [-0.05, 0) is 37.8 Å². The van der Waals surface area contributed by atoms with Crippen molar-refractivity contribution in [1.82, 2.24) is 4.98 Å². The Bertz CT molecular complexity index is 604. The van der Waals surface area contributed by atoms with Gasteiger partial charge in [0, 0.05) is 12.8 Å². The van der Waals surface area contributed by atoms with Crippen LogP contribution in [0.5, 0.6) is 0 Å². The molecule has 1 spiro atoms. The fourth-order valence-electron chi connectivity index (χ4n) is 3.59. The molecule has 6 heteroatoms. The first-order valence-electron chi connectivity index (χ1n) is 7.62. The number of nitrogen functional groups attached to an aromatic ring is 1. The van der Waals surface area contributed by atoms with Crippen LogP contribution >= 0.6 is 0 Å². The minimum Gasteiger partial charge on any atom is -0.396 e. The molecule has 1 aromatic heterocycles. The Morgan fingerprint density at radius 3 is 2.76 bits per heavy atom. The van der Waals surface area contributed by atoms with Gasteiger partial charge in [-0.3, -0.25) is 0 Å². The van der Waals surface area contributed by atoms with Crippen molar-refractivity contribution in [2.24, 2.45) is 0 Å². The summed E-state index contributed by atoms with van der Waals surface area (Å²) in [5, 5.41) is -0.399. The molecule has 2 N–H and O–H groups in total. The summed E-state index contributed by atoms with van der Waals surface area (Å²) in [6, 6.07) is 3.25. The number of hydrogen-bond acceptors (Lipinski definition) is 5. The van der Waals surface area contributed by atoms with Crippen LogP contribution < -0.4 is 5.73 Å². The summed E-state index contributed by atoms with van der Waals surface area (Å²) >= 11 is 0. The molecular weight excluding hydrogens is 288 g/mol. The van der Waals surface area contributed by atoms with E-state index in [1.54, 1.807) is 12.1 Å². The topological polar surface area (TPSA) is 82.3 Å². The second kappa shape index (κ2) is 5.57. The number of hydrogen-bond donors (Lipinski definition) is 1. The first-order valence-corrected chi connectivity index (χ1v) is 9.17. The molecule has 21 heavy (non-hydrogen) atoms. The van der Waals surface area contributed by atoms with Crippen molar-refractivity contribution in [1.29, 1.82) is 0 Å². The van der Waals surface area contributed by atoms with Gasteiger partial charge in [0.05, 0.1) is 16.5 Å². The number of nitrogens with zero attached hydrogens (tertiary/aromatic N) is 1. The molecule has 2 aliphatic rings. The van der Waals surface area contributed by atoms with Gasteiger partial charge in [0.2, 0.25) is 9.84 Å². The van der Waals surface area contributed by atoms with Gasteiger partial charge in [-0.15, -0.1) is 0 Å². The number of sulfone groups is 1. The summed E-state index contributed by atoms with van der Waals surface area (Å²) in [6.45, 7) is 0.511. The standard InChI is InChI=1S/C15H22N2O3S/c16-13-5-4-9-17-14(13)21(18,19)12-6-10-20-15(11-12)7-2-1-3-8-15/h4-5,9,12H,1-3,6-8,10-11,16H2. The lowest BCUT2D eigenvalue weighted by Gasteiger charge is -2.43. The van der Waals surface area contributed by atoms with E-state index in [4.69, 9.17) is 10.5 Å². The molecule has 2 fully saturated rings. The van der Waals surface area contributed by atoms with Crippen molar-refractivity contribution in [2.45, 2.75) is 60.8 Å². The van der Waals surface area contributed by atoms with E-state index in [9.17, 15) is 8.42 Å². The van der Waals surface area contributed by atoms with E-state index in [0.29, 0.717) is 19.4 Å². The molecule has 1 saturated carbocycles. The van der Waals surface area contributed by atoms with E-state index < -0.39 is 15.1 Å². The maximum Gasteiger partial charge on any atom is 0.200 e. The monoisotopic (exact) mass is 310 g/mol. The normalized spacial score (nSPS) is 25.8. The summed E-state index contributed by atoms with van der Waals surface area (Å²) in [7, 11) is -3.48. The third-order valence-corrected chi connectivity index (χ3v) is 6.88. The molecule has 1 atom stereocenters. The smallest absolute Gasteiger partial charge is 0.200 e. The number of anilines is 1. The van der Waals surface area contributed by atoms with Crippen LogP contribution in [0.1, 0.15) is 44.9 Å². The van der Waals surface area contributed by atoms with Crippen LogP contribution in [0.15, 0.2) is 23.4 Å². The first kappa shape index (κ1) is 14.8. The van der Waals surface area contributed by atoms with Crippen molar-refractivity contribution >= 4 is 15.5 Å². The molecule has 1 unspecified atom stereocenters. The number of ether oxygens (including phenoxy) is 1. The Hall–Kier alpha value is -1.14. The SMILES string of the molecule is Nc1cccnc1S(=O)(=O)C1CCOC2(CCCCC2)C1. The molecule has 0 amide bonds. The lowest BCUT2D eigenvalue weighted by Crippen LogP contribution is -2.45. The lowest BCUT2D eigenvalue weighted by atomic mass is 9.80. The quantitative estimate of drug-likeness (QED) is 0.906. The van der Waals surface area contributed by atoms with Crippen molar-refractivity contribution in [3.05, 3.63) is 18.3 Å². The van der Waals surface area contributed by atoms with Crippen molar-refractivity contribution in [3.63, 3.8) is 0 Å². The third-order valence-electron chi connectivity index (χ3n) is 4.72. The van der Waals surface area contributed by atoms with Crippen LogP contribution in [0, 0.1) is 0 Å². The summed E-state index contributed by atoms with van der Waals surface area (Å²) in [5.41, 5.74) is 5.81. The Morgan fingerprint density at radius 1 is 1.29 bits per heavy atom. The molecule has 3 rings (SSSR count). The highest BCUT2D eigenvalue weighted by molar-refractivity contribution is 7.92. The summed E-state index contributed by atoms with van der Waals surface area (Å²) in [5.74, 6) is 0. The van der Waals surface area contributed by atoms with Crippen molar-refractivity contribution in [2.75, 3.05) is 12.3 Å². The highest BCUT2D eigenvalue weighted by atomic mass is 32.2. The van der Waals surface area contributed by atoms with E-state index >= 15 is 0 Å². The second-order valence-corrected chi connectivity index (χ2v) is 8.29. The van der Waals surface area contributed by atoms with E-state index in [1.165, 1.54) is 12.6 Å². The molecule has 116 valence electrons. The predicted octanol–water partition coefficient (Wildman–Crippen LogP) is 2.32. The highest BCUT2D eigenvalue weighted by Gasteiger charge is 2.44. The maximum absolute atomic E-state index is 12.8. The zero-order valence-corrected chi connectivity index (χ0v) is 12.9. The van der Waals surface area contributed by atoms with E-state index in [0.717, 1.165) is 25.7 Å². The molecule has 1 saturated heterocycles. The summed E-state index contributed by atoms with van der Waals surface area (Å²) < 4.78 is 31.7. The second-order valence-electron chi connectivity index (χ2n) is 6.15. The van der Waals surface area contributed by atoms with Crippen molar-refractivity contribution < 1.29 is 13.2 Å². The fourth-order valence-corrected chi connectivity index (χ4v) is 5.44. The molecule has 0 aromatic carbocycles. The van der Waals surface area contributed by atoms with Gasteiger partial charge in [0.1, 0.15) is 0 Å². The minimum atomic E-state index is -3.48. The molecule has 0 bridgehead atoms. The van der Waals surface area contributed by atoms with Crippen molar-refractivity contribution in [3.8, 4) is 0 Å². The largest absolute Gasteiger partial charge is 0.396 e. The average molecular weight is 310 g/mol. The fraction of sp³-hybridized carbons (Fsp3) is 0.667. The van der Waals surface area contributed by atoms with Crippen LogP contribution in [0.4, 0.5) is 5.69 Å². The molecule has 0 radical (unpaired) electrons. The van der Waals surface area contributed by atoms with Crippen LogP contribution in [0.3, 0.4) is 0 Å². The van der Waals surface area contributed by atoms with Gasteiger partial charge in [-0.1, -0.05) is 19.3 Å². The highest BCUT2D eigenvalue weighted by Crippen LogP contribution is 2.41. The Balaban J connectivity index is 1.87. The summed E-state index contributed by atoms with van der Waals surface area (Å²) in [4.78, 5) is 4.00. The Labute approximate surface area is 125 Å². The maximum atomic E-state index is 12.8. The molecule has 2 heterocycles. The Morgan fingerprint density at radius 2 is 2.05 bits per heavy atom. The third kappa shape index (κ3) is 2.79. The van der Waals surface area contributed by atoms with E-state index in [1.807, 2.05) is 0 Å². The van der Waals surface area contributed by atoms with Crippen LogP contribution in [0.25, 0.3) is 0 Å². The zero-order chi connectivity index (χ0) is 14.9. The zero-order valence-electron chi connectivity index (χ0n) is 12.1. The number of rotatable bonds is 2. The molecule has 5 nitrogen and oxygen atoms in total. The average Bonchev–Trinajstić information content (AvgIpc) is 2.48. The first-order chi connectivity index (χ1) is 10.0. The van der Waals surface area contributed by atoms with E-state index in [2.05, 4.69) is 4.98 Å². The van der Waals surface area contributed by atoms with Gasteiger partial charge in [0.25, 0.3) is 0 Å². The number of aromatic nitrogens is 1. The lowest BCUT2D eigenvalue weighted by molar-refractivity contribution is -0.0979. The van der Waals surface area contributed by atoms with Crippen LogP contribution in [-0.4, -0.2) is 30.9 Å². The molecular formula is C15H22N2O3S. The summed E-state index contributed by atoms with van der Waals surface area (Å²) in [6.07, 6.45) is 7.99. The predicted molar refractivity (Wildman–Crippen MR) is 80.6 cm³/mol. The van der Waals surface area contributed by atoms with Gasteiger partial charge < -0.3 is 10.5 Å². The molecule has 1 aliphatic carbocycles. The number of pyridine rings is 1. The van der Waals surface area contributed by atoms with Gasteiger partial charge in [0.15, 0.2) is 5.03 Å².